The predicted molar refractivity (Wildman–Crippen MR) is 515 cm³/mol. The summed E-state index contributed by atoms with van der Waals surface area (Å²) >= 11 is 0. The Morgan fingerprint density at radius 1 is 0.336 bits per heavy atom. The van der Waals surface area contributed by atoms with Gasteiger partial charge in [-0.1, -0.05) is 288 Å². The molecule has 6 N–H and O–H groups in total. The van der Waals surface area contributed by atoms with Crippen molar-refractivity contribution in [3.8, 4) is 34.5 Å². The molecule has 14 aromatic rings. The Hall–Kier alpha value is -14.2. The number of phosphoric ester groups is 1. The van der Waals surface area contributed by atoms with Gasteiger partial charge < -0.3 is 64.4 Å². The van der Waals surface area contributed by atoms with Crippen LogP contribution < -0.4 is 54.6 Å². The lowest BCUT2D eigenvalue weighted by Crippen LogP contribution is -2.31. The second-order valence-corrected chi connectivity index (χ2v) is 34.3. The topological polar surface area (TPSA) is 250 Å². The Balaban J connectivity index is 0.000000158. The van der Waals surface area contributed by atoms with Gasteiger partial charge in [0.1, 0.15) is 80.4 Å². The first kappa shape index (κ1) is 93.0. The first-order chi connectivity index (χ1) is 63.5. The number of rotatable bonds is 37. The molecule has 0 fully saturated rings. The molecule has 0 aromatic heterocycles. The number of hydrogen-bond acceptors (Lipinski definition) is 16. The number of nitrogens with zero attached hydrogens (tertiary/aromatic N) is 3. The number of Topliss-reactive ketones (excluding diaryl/α,β-unsaturated/α-hetero) is 2. The number of fused-ring (bicyclic) bond motifs is 2. The number of phosphoric acid groups is 1. The van der Waals surface area contributed by atoms with Gasteiger partial charge in [0.25, 0.3) is 17.6 Å². The summed E-state index contributed by atoms with van der Waals surface area (Å²) in [6.45, 7) is 18.7. The van der Waals surface area contributed by atoms with Crippen molar-refractivity contribution in [1.29, 1.82) is 0 Å². The molecule has 2 heterocycles. The first-order valence-corrected chi connectivity index (χ1v) is 45.3. The van der Waals surface area contributed by atoms with E-state index in [1.165, 1.54) is 33.4 Å². The maximum absolute atomic E-state index is 12.6. The van der Waals surface area contributed by atoms with Gasteiger partial charge in [0.2, 0.25) is 5.78 Å². The fourth-order valence-electron chi connectivity index (χ4n) is 15.8. The van der Waals surface area contributed by atoms with Gasteiger partial charge in [0.15, 0.2) is 0 Å². The molecule has 668 valence electrons. The number of hydrogen-bond donors (Lipinski definition) is 5. The van der Waals surface area contributed by atoms with Crippen molar-refractivity contribution >= 4 is 54.0 Å². The molecule has 0 saturated carbocycles. The Kier molecular flexibility index (Phi) is 32.1. The molecule has 20 nitrogen and oxygen atoms in total. The number of aryl methyl sites for hydroxylation is 6. The zero-order valence-corrected chi connectivity index (χ0v) is 75.4. The second kappa shape index (κ2) is 45.2. The van der Waals surface area contributed by atoms with Crippen LogP contribution in [0.25, 0.3) is 0 Å². The van der Waals surface area contributed by atoms with Crippen molar-refractivity contribution in [3.63, 3.8) is 0 Å². The van der Waals surface area contributed by atoms with Crippen LogP contribution in [0.2, 0.25) is 0 Å². The van der Waals surface area contributed by atoms with E-state index in [-0.39, 0.29) is 12.8 Å². The van der Waals surface area contributed by atoms with E-state index in [2.05, 4.69) is 188 Å². The molecule has 0 bridgehead atoms. The highest BCUT2D eigenvalue weighted by atomic mass is 31.2. The van der Waals surface area contributed by atoms with E-state index in [9.17, 15) is 33.5 Å². The second-order valence-electron chi connectivity index (χ2n) is 33.1. The summed E-state index contributed by atoms with van der Waals surface area (Å²) in [5.41, 5.74) is 29.8. The Morgan fingerprint density at radius 2 is 0.618 bits per heavy atom. The summed E-state index contributed by atoms with van der Waals surface area (Å²) in [5.74, 6) is 2.62. The highest BCUT2D eigenvalue weighted by Gasteiger charge is 2.31. The van der Waals surface area contributed by atoms with Crippen molar-refractivity contribution in [2.75, 3.05) is 27.0 Å². The van der Waals surface area contributed by atoms with E-state index in [0.717, 1.165) is 118 Å². The van der Waals surface area contributed by atoms with Crippen LogP contribution >= 0.6 is 7.82 Å². The quantitative estimate of drug-likeness (QED) is 0.0138. The first-order valence-electron chi connectivity index (χ1n) is 43.7. The average molecular weight is 1770 g/mol. The lowest BCUT2D eigenvalue weighted by atomic mass is 10.0. The lowest BCUT2D eigenvalue weighted by Gasteiger charge is -2.28. The van der Waals surface area contributed by atoms with Crippen molar-refractivity contribution in [1.82, 2.24) is 4.90 Å². The van der Waals surface area contributed by atoms with Gasteiger partial charge >= 0.3 is 7.82 Å². The molecule has 0 saturated heterocycles. The predicted octanol–water partition coefficient (Wildman–Crippen LogP) is 21.8. The Bertz CT molecular complexity index is 6090. The molecule has 0 radical (unpaired) electrons. The molecule has 2 aliphatic heterocycles. The summed E-state index contributed by atoms with van der Waals surface area (Å²) < 4.78 is 53.9. The SMILES string of the molecule is Cc1cccc(COc2ccccc2CN(CC[C@H](N)OP(=O)(O)O)Cc2ccccc2OCc2cccc(C)c2)c1.Cc1cccc(COc2ccccc2CN(Cc2ccccc2OCc2cccc(C)c2)c2ccc3c(c2)C(=O)C(=O)N3)c1.Cc1cccc(COc2ccccc2CN(Cc2ccccc2OCc2cccc(C)c2)c2ccc3c(c2)CC(=O)C(=O)N3)c1. The number of carbonyl (C=O) groups excluding carboxylic acids is 4. The van der Waals surface area contributed by atoms with Gasteiger partial charge in [-0.05, 0) is 153 Å². The third kappa shape index (κ3) is 27.4. The van der Waals surface area contributed by atoms with Gasteiger partial charge in [-0.3, -0.25) is 28.6 Å². The van der Waals surface area contributed by atoms with E-state index in [0.29, 0.717) is 102 Å². The molecule has 2 aliphatic rings. The van der Waals surface area contributed by atoms with E-state index >= 15 is 0 Å². The highest BCUT2D eigenvalue weighted by Crippen LogP contribution is 2.39. The molecule has 14 aromatic carbocycles. The molecule has 16 rings (SSSR count). The summed E-state index contributed by atoms with van der Waals surface area (Å²) in [5, 5.41) is 5.38. The molecular formula is C110H109N6O14P. The molecule has 2 amide bonds. The summed E-state index contributed by atoms with van der Waals surface area (Å²) in [6, 6.07) is 109. The summed E-state index contributed by atoms with van der Waals surface area (Å²) in [6.07, 6.45) is -0.826. The normalized spacial score (nSPS) is 12.2. The minimum atomic E-state index is -4.70. The zero-order valence-electron chi connectivity index (χ0n) is 74.5. The third-order valence-corrected chi connectivity index (χ3v) is 22.9. The van der Waals surface area contributed by atoms with Gasteiger partial charge in [-0.2, -0.15) is 0 Å². The molecule has 131 heavy (non-hydrogen) atoms. The standard InChI is InChI=1S/C39H36N2O4.C38H34N2O4.C33H39N2O6P/c1-27-9-7-11-29(19-27)25-44-37-15-5-3-13-31(37)23-41(34-17-18-35-33(21-34)22-36(42)39(43)40-35)24-32-14-4-6-16-38(32)45-26-30-12-8-10-28(2)20-30;1-26-9-7-11-28(19-26)24-43-35-15-5-3-13-30(35)22-40(32-17-18-34-33(21-32)37(41)38(42)39-34)23-31-14-4-6-16-36(31)44-25-29-12-8-10-27(2)20-29;1-25-9-7-11-27(19-25)23-39-31-15-5-3-13-29(31)21-35(18-17-33(34)41-42(36,37)38)22-30-14-4-6-16-32(30)40-24-28-12-8-10-26(2)20-28/h3-21H,22-26H2,1-2H3,(H,40,43);3-21H,22-25H2,1-2H3,(H,39,41,42);3-16,19-20,33H,17-18,21-24,34H2,1-2H3,(H2,36,37,38)/t;;33-/m..1/s1. The van der Waals surface area contributed by atoms with Crippen molar-refractivity contribution in [3.05, 3.63) is 439 Å². The van der Waals surface area contributed by atoms with E-state index in [4.69, 9.17) is 38.7 Å². The number of ketones is 2. The van der Waals surface area contributed by atoms with E-state index in [1.54, 1.807) is 12.1 Å². The largest absolute Gasteiger partial charge is 0.489 e. The minimum absolute atomic E-state index is 0.0786. The minimum Gasteiger partial charge on any atom is -0.489 e. The van der Waals surface area contributed by atoms with Crippen LogP contribution in [0.1, 0.15) is 122 Å². The fourth-order valence-corrected chi connectivity index (χ4v) is 16.2. The zero-order chi connectivity index (χ0) is 91.6. The Morgan fingerprint density at radius 3 is 0.924 bits per heavy atom. The monoisotopic (exact) mass is 1770 g/mol. The number of carbonyl (C=O) groups is 4. The van der Waals surface area contributed by atoms with Crippen LogP contribution in [0.15, 0.2) is 328 Å². The van der Waals surface area contributed by atoms with Gasteiger partial charge in [0.05, 0.1) is 11.3 Å². The molecule has 0 spiro atoms. The Labute approximate surface area is 766 Å². The number of benzene rings is 14. The summed E-state index contributed by atoms with van der Waals surface area (Å²) in [4.78, 5) is 74.0. The number of amides is 2. The van der Waals surface area contributed by atoms with Crippen LogP contribution in [-0.4, -0.2) is 50.8 Å². The van der Waals surface area contributed by atoms with Gasteiger partial charge in [-0.15, -0.1) is 0 Å². The highest BCUT2D eigenvalue weighted by molar-refractivity contribution is 7.46. The van der Waals surface area contributed by atoms with Gasteiger partial charge in [-0.25, -0.2) is 4.57 Å². The molecular weight excluding hydrogens is 1660 g/mol. The number of nitrogens with one attached hydrogen (secondary N) is 2. The molecule has 21 heteroatoms. The summed E-state index contributed by atoms with van der Waals surface area (Å²) in [7, 11) is -4.70. The van der Waals surface area contributed by atoms with Crippen LogP contribution in [0.3, 0.4) is 0 Å². The van der Waals surface area contributed by atoms with Crippen LogP contribution in [0.4, 0.5) is 22.7 Å². The van der Waals surface area contributed by atoms with Crippen molar-refractivity contribution in [2.45, 2.75) is 140 Å². The number of anilines is 4. The number of para-hydroxylation sites is 6. The van der Waals surface area contributed by atoms with Crippen LogP contribution in [-0.2, 0) is 109 Å². The molecule has 1 atom stereocenters. The maximum atomic E-state index is 12.6. The smallest absolute Gasteiger partial charge is 0.471 e. The van der Waals surface area contributed by atoms with Crippen LogP contribution in [0.5, 0.6) is 34.5 Å². The molecule has 0 unspecified atom stereocenters. The fraction of sp³-hybridized carbons (Fsp3) is 0.200. The average Bonchev–Trinajstić information content (AvgIpc) is 1.73. The van der Waals surface area contributed by atoms with Crippen molar-refractivity contribution < 1.29 is 66.5 Å². The van der Waals surface area contributed by atoms with E-state index < -0.39 is 37.4 Å². The van der Waals surface area contributed by atoms with Crippen LogP contribution in [0, 0.1) is 41.5 Å². The van der Waals surface area contributed by atoms with Crippen molar-refractivity contribution in [2.24, 2.45) is 5.73 Å². The molecule has 0 aliphatic carbocycles. The lowest BCUT2D eigenvalue weighted by molar-refractivity contribution is -0.134. The number of ether oxygens (including phenoxy) is 6. The van der Waals surface area contributed by atoms with Gasteiger partial charge in [0, 0.05) is 109 Å². The number of nitrogens with two attached hydrogens (primary N) is 1. The van der Waals surface area contributed by atoms with E-state index in [1.807, 2.05) is 194 Å². The third-order valence-electron chi connectivity index (χ3n) is 22.3. The maximum Gasteiger partial charge on any atom is 0.471 e.